The first kappa shape index (κ1) is 12.7. The molecule has 0 bridgehead atoms. The molecule has 1 saturated heterocycles. The fourth-order valence-corrected chi connectivity index (χ4v) is 2.19. The molecule has 1 heterocycles. The fourth-order valence-electron chi connectivity index (χ4n) is 1.84. The molecule has 1 atom stereocenters. The van der Waals surface area contributed by atoms with Gasteiger partial charge in [-0.1, -0.05) is 22.0 Å². The number of rotatable bonds is 5. The van der Waals surface area contributed by atoms with Crippen LogP contribution in [-0.2, 0) is 10.1 Å². The molecule has 0 aliphatic carbocycles. The van der Waals surface area contributed by atoms with Crippen LogP contribution in [0.2, 0.25) is 0 Å². The van der Waals surface area contributed by atoms with Gasteiger partial charge in [0.1, 0.15) is 0 Å². The van der Waals surface area contributed by atoms with Crippen molar-refractivity contribution in [1.82, 2.24) is 0 Å². The van der Waals surface area contributed by atoms with Gasteiger partial charge in [-0.15, -0.1) is 0 Å². The van der Waals surface area contributed by atoms with Gasteiger partial charge in [0.25, 0.3) is 0 Å². The summed E-state index contributed by atoms with van der Waals surface area (Å²) in [6.07, 6.45) is 1.08. The SMILES string of the molecule is COc1ccc(CBr)cc1OCC1CCOC1. The van der Waals surface area contributed by atoms with Crippen LogP contribution in [0.4, 0.5) is 0 Å². The molecule has 94 valence electrons. The number of hydrogen-bond acceptors (Lipinski definition) is 3. The van der Waals surface area contributed by atoms with Crippen molar-refractivity contribution < 1.29 is 14.2 Å². The zero-order valence-corrected chi connectivity index (χ0v) is 11.5. The molecule has 0 radical (unpaired) electrons. The van der Waals surface area contributed by atoms with Crippen molar-refractivity contribution in [3.05, 3.63) is 23.8 Å². The summed E-state index contributed by atoms with van der Waals surface area (Å²) < 4.78 is 16.4. The van der Waals surface area contributed by atoms with E-state index in [-0.39, 0.29) is 0 Å². The first-order valence-electron chi connectivity index (χ1n) is 5.77. The molecule has 1 aromatic rings. The molecule has 0 aromatic heterocycles. The van der Waals surface area contributed by atoms with Crippen molar-refractivity contribution in [2.45, 2.75) is 11.8 Å². The second kappa shape index (κ2) is 6.26. The van der Waals surface area contributed by atoms with Crippen LogP contribution in [0.1, 0.15) is 12.0 Å². The Balaban J connectivity index is 2.01. The molecule has 1 aliphatic rings. The summed E-state index contributed by atoms with van der Waals surface area (Å²) >= 11 is 3.44. The summed E-state index contributed by atoms with van der Waals surface area (Å²) in [5.41, 5.74) is 1.18. The van der Waals surface area contributed by atoms with Gasteiger partial charge < -0.3 is 14.2 Å². The monoisotopic (exact) mass is 300 g/mol. The Morgan fingerprint density at radius 1 is 1.41 bits per heavy atom. The smallest absolute Gasteiger partial charge is 0.161 e. The average Bonchev–Trinajstić information content (AvgIpc) is 2.89. The lowest BCUT2D eigenvalue weighted by molar-refractivity contribution is 0.165. The van der Waals surface area contributed by atoms with E-state index in [9.17, 15) is 0 Å². The minimum absolute atomic E-state index is 0.507. The van der Waals surface area contributed by atoms with Crippen molar-refractivity contribution in [2.24, 2.45) is 5.92 Å². The minimum atomic E-state index is 0.507. The van der Waals surface area contributed by atoms with E-state index in [0.717, 1.165) is 36.5 Å². The Morgan fingerprint density at radius 3 is 2.94 bits per heavy atom. The third kappa shape index (κ3) is 3.36. The normalized spacial score (nSPS) is 19.3. The highest BCUT2D eigenvalue weighted by Gasteiger charge is 2.17. The Hall–Kier alpha value is -0.740. The predicted molar refractivity (Wildman–Crippen MR) is 70.0 cm³/mol. The zero-order valence-electron chi connectivity index (χ0n) is 9.95. The third-order valence-electron chi connectivity index (χ3n) is 2.88. The van der Waals surface area contributed by atoms with Crippen LogP contribution in [0, 0.1) is 5.92 Å². The summed E-state index contributed by atoms with van der Waals surface area (Å²) in [6, 6.07) is 5.99. The second-order valence-electron chi connectivity index (χ2n) is 4.16. The highest BCUT2D eigenvalue weighted by molar-refractivity contribution is 9.08. The molecular weight excluding hydrogens is 284 g/mol. The fraction of sp³-hybridized carbons (Fsp3) is 0.538. The summed E-state index contributed by atoms with van der Waals surface area (Å²) in [6.45, 7) is 2.36. The lowest BCUT2D eigenvalue weighted by Gasteiger charge is -2.14. The number of alkyl halides is 1. The number of ether oxygens (including phenoxy) is 3. The van der Waals surface area contributed by atoms with E-state index in [2.05, 4.69) is 15.9 Å². The van der Waals surface area contributed by atoms with E-state index in [1.807, 2.05) is 18.2 Å². The summed E-state index contributed by atoms with van der Waals surface area (Å²) in [4.78, 5) is 0. The van der Waals surface area contributed by atoms with Crippen molar-refractivity contribution in [3.63, 3.8) is 0 Å². The minimum Gasteiger partial charge on any atom is -0.493 e. The molecule has 1 fully saturated rings. The molecule has 4 heteroatoms. The standard InChI is InChI=1S/C13H17BrO3/c1-15-12-3-2-10(7-14)6-13(12)17-9-11-4-5-16-8-11/h2-3,6,11H,4-5,7-9H2,1H3. The Bertz CT molecular complexity index is 362. The van der Waals surface area contributed by atoms with Gasteiger partial charge in [-0.25, -0.2) is 0 Å². The molecule has 0 spiro atoms. The van der Waals surface area contributed by atoms with Crippen LogP contribution in [0.15, 0.2) is 18.2 Å². The quantitative estimate of drug-likeness (QED) is 0.783. The van der Waals surface area contributed by atoms with Gasteiger partial charge in [0.05, 0.1) is 20.3 Å². The zero-order chi connectivity index (χ0) is 12.1. The first-order valence-corrected chi connectivity index (χ1v) is 6.89. The molecule has 17 heavy (non-hydrogen) atoms. The maximum absolute atomic E-state index is 5.83. The molecule has 3 nitrogen and oxygen atoms in total. The van der Waals surface area contributed by atoms with Gasteiger partial charge in [-0.3, -0.25) is 0 Å². The predicted octanol–water partition coefficient (Wildman–Crippen LogP) is 3.01. The van der Waals surface area contributed by atoms with Crippen LogP contribution in [-0.4, -0.2) is 26.9 Å². The lowest BCUT2D eigenvalue weighted by atomic mass is 10.1. The van der Waals surface area contributed by atoms with E-state index < -0.39 is 0 Å². The van der Waals surface area contributed by atoms with Crippen LogP contribution in [0.3, 0.4) is 0 Å². The lowest BCUT2D eigenvalue weighted by Crippen LogP contribution is -2.12. The van der Waals surface area contributed by atoms with Crippen molar-refractivity contribution in [3.8, 4) is 11.5 Å². The van der Waals surface area contributed by atoms with E-state index >= 15 is 0 Å². The van der Waals surface area contributed by atoms with Crippen LogP contribution in [0.5, 0.6) is 11.5 Å². The van der Waals surface area contributed by atoms with E-state index in [0.29, 0.717) is 12.5 Å². The number of hydrogen-bond donors (Lipinski definition) is 0. The second-order valence-corrected chi connectivity index (χ2v) is 4.72. The van der Waals surface area contributed by atoms with E-state index in [4.69, 9.17) is 14.2 Å². The maximum atomic E-state index is 5.83. The van der Waals surface area contributed by atoms with Gasteiger partial charge >= 0.3 is 0 Å². The number of halogens is 1. The third-order valence-corrected chi connectivity index (χ3v) is 3.53. The Labute approximate surface area is 110 Å². The van der Waals surface area contributed by atoms with Crippen LogP contribution >= 0.6 is 15.9 Å². The molecule has 1 unspecified atom stereocenters. The first-order chi connectivity index (χ1) is 8.33. The van der Waals surface area contributed by atoms with Gasteiger partial charge in [0, 0.05) is 17.9 Å². The van der Waals surface area contributed by atoms with E-state index in [1.165, 1.54) is 5.56 Å². The van der Waals surface area contributed by atoms with Gasteiger partial charge in [-0.05, 0) is 24.1 Å². The molecule has 1 aromatic carbocycles. The molecule has 0 N–H and O–H groups in total. The van der Waals surface area contributed by atoms with Crippen molar-refractivity contribution in [2.75, 3.05) is 26.9 Å². The molecular formula is C13H17BrO3. The molecule has 1 aliphatic heterocycles. The van der Waals surface area contributed by atoms with Crippen LogP contribution in [0.25, 0.3) is 0 Å². The number of methoxy groups -OCH3 is 1. The van der Waals surface area contributed by atoms with E-state index in [1.54, 1.807) is 7.11 Å². The van der Waals surface area contributed by atoms with Gasteiger partial charge in [0.2, 0.25) is 0 Å². The van der Waals surface area contributed by atoms with Crippen molar-refractivity contribution in [1.29, 1.82) is 0 Å². The largest absolute Gasteiger partial charge is 0.493 e. The molecule has 0 saturated carbocycles. The Morgan fingerprint density at radius 2 is 2.29 bits per heavy atom. The topological polar surface area (TPSA) is 27.7 Å². The molecule has 2 rings (SSSR count). The van der Waals surface area contributed by atoms with Gasteiger partial charge in [0.15, 0.2) is 11.5 Å². The highest BCUT2D eigenvalue weighted by atomic mass is 79.9. The summed E-state index contributed by atoms with van der Waals surface area (Å²) in [5.74, 6) is 2.11. The number of benzene rings is 1. The molecule has 0 amide bonds. The summed E-state index contributed by atoms with van der Waals surface area (Å²) in [7, 11) is 1.66. The average molecular weight is 301 g/mol. The highest BCUT2D eigenvalue weighted by Crippen LogP contribution is 2.29. The Kier molecular flexibility index (Phi) is 4.68. The van der Waals surface area contributed by atoms with Crippen molar-refractivity contribution >= 4 is 15.9 Å². The maximum Gasteiger partial charge on any atom is 0.161 e. The summed E-state index contributed by atoms with van der Waals surface area (Å²) in [5, 5.41) is 0.819. The van der Waals surface area contributed by atoms with Gasteiger partial charge in [-0.2, -0.15) is 0 Å². The van der Waals surface area contributed by atoms with Crippen LogP contribution < -0.4 is 9.47 Å².